The summed E-state index contributed by atoms with van der Waals surface area (Å²) >= 11 is 6.12. The number of aryl methyl sites for hydroxylation is 2. The van der Waals surface area contributed by atoms with Crippen molar-refractivity contribution in [3.63, 3.8) is 0 Å². The largest absolute Gasteiger partial charge is 0.387 e. The molecule has 1 N–H and O–H groups in total. The fourth-order valence-corrected chi connectivity index (χ4v) is 2.06. The van der Waals surface area contributed by atoms with Gasteiger partial charge in [-0.3, -0.25) is 4.68 Å². The first-order valence-corrected chi connectivity index (χ1v) is 6.48. The van der Waals surface area contributed by atoms with Crippen molar-refractivity contribution in [3.05, 3.63) is 16.4 Å². The number of halogens is 1. The fourth-order valence-electron chi connectivity index (χ4n) is 1.81. The highest BCUT2D eigenvalue weighted by Crippen LogP contribution is 2.21. The Kier molecular flexibility index (Phi) is 6.08. The number of ether oxygens (including phenoxy) is 2. The summed E-state index contributed by atoms with van der Waals surface area (Å²) in [6.45, 7) is 6.56. The number of hydrogen-bond acceptors (Lipinski definition) is 4. The highest BCUT2D eigenvalue weighted by Gasteiger charge is 2.23. The van der Waals surface area contributed by atoms with Crippen LogP contribution in [-0.4, -0.2) is 40.5 Å². The van der Waals surface area contributed by atoms with Crippen molar-refractivity contribution in [1.29, 1.82) is 0 Å². The lowest BCUT2D eigenvalue weighted by Crippen LogP contribution is -2.33. The van der Waals surface area contributed by atoms with Gasteiger partial charge in [0.1, 0.15) is 11.3 Å². The van der Waals surface area contributed by atoms with Gasteiger partial charge in [0.2, 0.25) is 0 Å². The van der Waals surface area contributed by atoms with E-state index in [4.69, 9.17) is 21.1 Å². The molecule has 1 heterocycles. The summed E-state index contributed by atoms with van der Waals surface area (Å²) in [5, 5.41) is 14.9. The number of hydrogen-bond donors (Lipinski definition) is 1. The Hall–Kier alpha value is -0.620. The van der Waals surface area contributed by atoms with Gasteiger partial charge in [-0.1, -0.05) is 11.6 Å². The molecule has 0 aliphatic heterocycles. The van der Waals surface area contributed by atoms with Gasteiger partial charge in [-0.05, 0) is 20.8 Å². The Bertz CT molecular complexity index is 376. The maximum absolute atomic E-state index is 10.1. The lowest BCUT2D eigenvalue weighted by molar-refractivity contribution is -0.188. The molecule has 0 spiro atoms. The minimum Gasteiger partial charge on any atom is -0.387 e. The van der Waals surface area contributed by atoms with E-state index < -0.39 is 12.4 Å². The molecule has 1 aromatic rings. The van der Waals surface area contributed by atoms with E-state index in [2.05, 4.69) is 5.10 Å². The Labute approximate surface area is 113 Å². The summed E-state index contributed by atoms with van der Waals surface area (Å²) < 4.78 is 12.3. The molecule has 104 valence electrons. The molecule has 1 rings (SSSR count). The molecule has 0 aliphatic rings. The van der Waals surface area contributed by atoms with Crippen LogP contribution in [0.4, 0.5) is 0 Å². The van der Waals surface area contributed by atoms with Crippen molar-refractivity contribution < 1.29 is 14.6 Å². The van der Waals surface area contributed by atoms with Gasteiger partial charge in [-0.2, -0.15) is 5.10 Å². The van der Waals surface area contributed by atoms with Crippen molar-refractivity contribution in [2.75, 3.05) is 13.2 Å². The molecule has 0 saturated carbocycles. The molecule has 18 heavy (non-hydrogen) atoms. The third kappa shape index (κ3) is 3.68. The molecule has 0 saturated heterocycles. The average Bonchev–Trinajstić information content (AvgIpc) is 2.55. The zero-order valence-electron chi connectivity index (χ0n) is 11.3. The van der Waals surface area contributed by atoms with Crippen molar-refractivity contribution in [2.45, 2.75) is 39.6 Å². The molecule has 5 nitrogen and oxygen atoms in total. The number of aliphatic hydroxyl groups excluding tert-OH is 1. The Morgan fingerprint density at radius 2 is 1.89 bits per heavy atom. The van der Waals surface area contributed by atoms with Gasteiger partial charge in [-0.25, -0.2) is 0 Å². The van der Waals surface area contributed by atoms with E-state index in [9.17, 15) is 5.11 Å². The van der Waals surface area contributed by atoms with E-state index in [0.29, 0.717) is 24.8 Å². The minimum absolute atomic E-state index is 0.364. The van der Waals surface area contributed by atoms with Gasteiger partial charge >= 0.3 is 0 Å². The molecule has 0 radical (unpaired) electrons. The van der Waals surface area contributed by atoms with Gasteiger partial charge in [0.05, 0.1) is 5.69 Å². The number of nitrogens with zero attached hydrogens (tertiary/aromatic N) is 2. The monoisotopic (exact) mass is 276 g/mol. The quantitative estimate of drug-likeness (QED) is 0.770. The fraction of sp³-hybridized carbons (Fsp3) is 0.750. The van der Waals surface area contributed by atoms with E-state index in [1.165, 1.54) is 0 Å². The van der Waals surface area contributed by atoms with Crippen LogP contribution in [-0.2, 0) is 22.9 Å². The first-order valence-electron chi connectivity index (χ1n) is 6.10. The van der Waals surface area contributed by atoms with E-state index in [0.717, 1.165) is 11.3 Å². The van der Waals surface area contributed by atoms with E-state index in [1.54, 1.807) is 11.7 Å². The molecule has 0 aromatic carbocycles. The third-order valence-corrected chi connectivity index (χ3v) is 3.13. The van der Waals surface area contributed by atoms with Crippen LogP contribution in [0.25, 0.3) is 0 Å². The summed E-state index contributed by atoms with van der Waals surface area (Å²) in [4.78, 5) is 0. The van der Waals surface area contributed by atoms with Crippen LogP contribution in [0.1, 0.15) is 25.1 Å². The number of aromatic nitrogens is 2. The van der Waals surface area contributed by atoms with E-state index >= 15 is 0 Å². The lowest BCUT2D eigenvalue weighted by atomic mass is 10.1. The standard InChI is InChI=1S/C12H21ClN2O3/c1-5-17-12(18-6-2)10(16)7-9-8(3)14-15(4)11(9)13/h10,12,16H,5-7H2,1-4H3. The van der Waals surface area contributed by atoms with Crippen molar-refractivity contribution in [2.24, 2.45) is 7.05 Å². The Morgan fingerprint density at radius 3 is 2.28 bits per heavy atom. The van der Waals surface area contributed by atoms with Crippen LogP contribution in [0, 0.1) is 6.92 Å². The summed E-state index contributed by atoms with van der Waals surface area (Å²) in [6, 6.07) is 0. The summed E-state index contributed by atoms with van der Waals surface area (Å²) in [5.74, 6) is 0. The predicted molar refractivity (Wildman–Crippen MR) is 69.7 cm³/mol. The maximum Gasteiger partial charge on any atom is 0.183 e. The van der Waals surface area contributed by atoms with Gasteiger partial charge in [0.15, 0.2) is 6.29 Å². The first kappa shape index (κ1) is 15.4. The van der Waals surface area contributed by atoms with Crippen LogP contribution in [0.2, 0.25) is 5.15 Å². The SMILES string of the molecule is CCOC(OCC)C(O)Cc1c(C)nn(C)c1Cl. The zero-order valence-corrected chi connectivity index (χ0v) is 12.1. The Morgan fingerprint density at radius 1 is 1.33 bits per heavy atom. The Balaban J connectivity index is 2.75. The molecule has 0 aliphatic carbocycles. The van der Waals surface area contributed by atoms with Gasteiger partial charge in [0.25, 0.3) is 0 Å². The second-order valence-corrected chi connectivity index (χ2v) is 4.39. The predicted octanol–water partition coefficient (Wildman–Crippen LogP) is 1.68. The third-order valence-electron chi connectivity index (χ3n) is 2.66. The van der Waals surface area contributed by atoms with Gasteiger partial charge < -0.3 is 14.6 Å². The van der Waals surface area contributed by atoms with Gasteiger partial charge in [-0.15, -0.1) is 0 Å². The molecule has 0 fully saturated rings. The van der Waals surface area contributed by atoms with Crippen LogP contribution >= 0.6 is 11.6 Å². The molecule has 1 aromatic heterocycles. The molecular formula is C12H21ClN2O3. The molecule has 0 bridgehead atoms. The topological polar surface area (TPSA) is 56.5 Å². The van der Waals surface area contributed by atoms with Crippen LogP contribution < -0.4 is 0 Å². The highest BCUT2D eigenvalue weighted by atomic mass is 35.5. The second-order valence-electron chi connectivity index (χ2n) is 4.03. The lowest BCUT2D eigenvalue weighted by Gasteiger charge is -2.22. The molecule has 0 amide bonds. The summed E-state index contributed by atoms with van der Waals surface area (Å²) in [6.07, 6.45) is -1.02. The smallest absolute Gasteiger partial charge is 0.183 e. The molecule has 6 heteroatoms. The van der Waals surface area contributed by atoms with Crippen molar-refractivity contribution in [1.82, 2.24) is 9.78 Å². The summed E-state index contributed by atoms with van der Waals surface area (Å²) in [5.41, 5.74) is 1.64. The molecule has 1 atom stereocenters. The van der Waals surface area contributed by atoms with Crippen LogP contribution in [0.5, 0.6) is 0 Å². The van der Waals surface area contributed by atoms with Gasteiger partial charge in [0, 0.05) is 32.2 Å². The van der Waals surface area contributed by atoms with E-state index in [-0.39, 0.29) is 0 Å². The molecular weight excluding hydrogens is 256 g/mol. The zero-order chi connectivity index (χ0) is 13.7. The number of aliphatic hydroxyl groups is 1. The van der Waals surface area contributed by atoms with Crippen LogP contribution in [0.15, 0.2) is 0 Å². The van der Waals surface area contributed by atoms with E-state index in [1.807, 2.05) is 20.8 Å². The highest BCUT2D eigenvalue weighted by molar-refractivity contribution is 6.30. The van der Waals surface area contributed by atoms with Crippen molar-refractivity contribution >= 4 is 11.6 Å². The molecule has 1 unspecified atom stereocenters. The van der Waals surface area contributed by atoms with Crippen LogP contribution in [0.3, 0.4) is 0 Å². The van der Waals surface area contributed by atoms with Crippen molar-refractivity contribution in [3.8, 4) is 0 Å². The second kappa shape index (κ2) is 7.09. The maximum atomic E-state index is 10.1. The number of rotatable bonds is 7. The average molecular weight is 277 g/mol. The first-order chi connectivity index (χ1) is 8.51. The minimum atomic E-state index is -0.759. The normalized spacial score (nSPS) is 13.3. The summed E-state index contributed by atoms with van der Waals surface area (Å²) in [7, 11) is 1.77.